The van der Waals surface area contributed by atoms with E-state index >= 15 is 0 Å². The molecule has 31 heavy (non-hydrogen) atoms. The average molecular weight is 428 g/mol. The Kier molecular flexibility index (Phi) is 4.63. The molecule has 172 valence electrons. The van der Waals surface area contributed by atoms with Gasteiger partial charge in [0.25, 0.3) is 0 Å². The summed E-state index contributed by atoms with van der Waals surface area (Å²) in [5, 5.41) is 10.3. The van der Waals surface area contributed by atoms with Crippen LogP contribution in [0.15, 0.2) is 4.99 Å². The first-order valence-corrected chi connectivity index (χ1v) is 13.2. The van der Waals surface area contributed by atoms with Crippen LogP contribution in [0, 0.1) is 52.3 Å². The van der Waals surface area contributed by atoms with E-state index in [-0.39, 0.29) is 29.8 Å². The normalized spacial score (nSPS) is 56.6. The zero-order chi connectivity index (χ0) is 21.7. The fourth-order valence-electron chi connectivity index (χ4n) is 9.89. The van der Waals surface area contributed by atoms with Crippen LogP contribution in [0.4, 0.5) is 0 Å². The van der Waals surface area contributed by atoms with Crippen molar-refractivity contribution in [2.75, 3.05) is 0 Å². The van der Waals surface area contributed by atoms with Gasteiger partial charge in [-0.25, -0.2) is 0 Å². The quantitative estimate of drug-likeness (QED) is 0.673. The van der Waals surface area contributed by atoms with Gasteiger partial charge in [0.1, 0.15) is 5.78 Å². The molecular formula is C27H41NO3. The van der Waals surface area contributed by atoms with Gasteiger partial charge in [-0.05, 0) is 85.9 Å². The number of aliphatic imine (C=N–C) groups is 1. The van der Waals surface area contributed by atoms with Crippen LogP contribution in [0.5, 0.6) is 0 Å². The summed E-state index contributed by atoms with van der Waals surface area (Å²) in [6.07, 6.45) is 9.77. The second kappa shape index (κ2) is 6.88. The molecule has 5 fully saturated rings. The SMILES string of the molecule is CC1CC2OC1N=C2C(C)C1CCC2C3CC(=O)C4C[C@@H](O)CC[C@]4(C)C3CC[C@]12C. The molecular weight excluding hydrogens is 386 g/mol. The summed E-state index contributed by atoms with van der Waals surface area (Å²) >= 11 is 0. The van der Waals surface area contributed by atoms with Gasteiger partial charge in [0, 0.05) is 29.9 Å². The summed E-state index contributed by atoms with van der Waals surface area (Å²) < 4.78 is 6.16. The van der Waals surface area contributed by atoms with E-state index in [1.54, 1.807) is 0 Å². The van der Waals surface area contributed by atoms with Gasteiger partial charge < -0.3 is 9.84 Å². The predicted molar refractivity (Wildman–Crippen MR) is 121 cm³/mol. The lowest BCUT2D eigenvalue weighted by Gasteiger charge is -2.60. The second-order valence-corrected chi connectivity index (χ2v) is 12.8. The van der Waals surface area contributed by atoms with Crippen molar-refractivity contribution >= 4 is 11.5 Å². The number of rotatable bonds is 2. The van der Waals surface area contributed by atoms with Crippen LogP contribution in [0.25, 0.3) is 0 Å². The highest BCUT2D eigenvalue weighted by Crippen LogP contribution is 2.68. The van der Waals surface area contributed by atoms with Gasteiger partial charge in [-0.1, -0.05) is 27.7 Å². The maximum atomic E-state index is 13.3. The standard InChI is InChI=1S/C27H41NO3/c1-14-11-23-24(28-25(14)31-23)15(2)18-5-6-19-17-13-22(30)21-12-16(29)7-9-27(21,4)20(17)8-10-26(18,19)3/h14-21,23,25,29H,5-13H2,1-4H3/t14?,15?,16-,17?,18?,19?,20?,21?,23?,25?,26+,27+/m0/s1. The fraction of sp³-hybridized carbons (Fsp3) is 0.926. The van der Waals surface area contributed by atoms with E-state index in [0.717, 1.165) is 25.7 Å². The van der Waals surface area contributed by atoms with E-state index in [4.69, 9.17) is 9.73 Å². The average Bonchev–Trinajstić information content (AvgIpc) is 3.40. The number of ketones is 1. The third-order valence-electron chi connectivity index (χ3n) is 11.6. The summed E-state index contributed by atoms with van der Waals surface area (Å²) in [6.45, 7) is 9.65. The molecule has 0 aromatic carbocycles. The first-order chi connectivity index (χ1) is 14.7. The molecule has 4 nitrogen and oxygen atoms in total. The van der Waals surface area contributed by atoms with Crippen LogP contribution < -0.4 is 0 Å². The van der Waals surface area contributed by atoms with Gasteiger partial charge in [0.2, 0.25) is 0 Å². The van der Waals surface area contributed by atoms with Crippen LogP contribution in [-0.4, -0.2) is 35.0 Å². The molecule has 1 saturated heterocycles. The van der Waals surface area contributed by atoms with Gasteiger partial charge in [-0.15, -0.1) is 0 Å². The number of Topliss-reactive ketones (excluding diaryl/α,β-unsaturated/α-hetero) is 1. The minimum absolute atomic E-state index is 0.0977. The number of hydrogen-bond acceptors (Lipinski definition) is 4. The van der Waals surface area contributed by atoms with Crippen LogP contribution in [0.2, 0.25) is 0 Å². The predicted octanol–water partition coefficient (Wildman–Crippen LogP) is 5.03. The lowest BCUT2D eigenvalue weighted by atomic mass is 9.44. The summed E-state index contributed by atoms with van der Waals surface area (Å²) in [4.78, 5) is 18.4. The van der Waals surface area contributed by atoms with Crippen molar-refractivity contribution in [3.05, 3.63) is 0 Å². The van der Waals surface area contributed by atoms with Crippen molar-refractivity contribution in [2.24, 2.45) is 57.2 Å². The Morgan fingerprint density at radius 2 is 1.81 bits per heavy atom. The van der Waals surface area contributed by atoms with Gasteiger partial charge in [-0.3, -0.25) is 9.79 Å². The topological polar surface area (TPSA) is 58.9 Å². The highest BCUT2D eigenvalue weighted by Gasteiger charge is 2.63. The minimum atomic E-state index is -0.267. The van der Waals surface area contributed by atoms with Crippen molar-refractivity contribution in [3.63, 3.8) is 0 Å². The van der Waals surface area contributed by atoms with Gasteiger partial charge in [0.05, 0.1) is 12.2 Å². The first-order valence-electron chi connectivity index (χ1n) is 13.2. The number of carbonyl (C=O) groups is 1. The highest BCUT2D eigenvalue weighted by atomic mass is 16.5. The summed E-state index contributed by atoms with van der Waals surface area (Å²) in [6, 6.07) is 0. The van der Waals surface area contributed by atoms with Crippen LogP contribution in [0.1, 0.15) is 85.5 Å². The Balaban J connectivity index is 1.26. The molecule has 6 aliphatic rings. The number of aliphatic hydroxyl groups excluding tert-OH is 1. The van der Waals surface area contributed by atoms with Crippen molar-refractivity contribution in [3.8, 4) is 0 Å². The van der Waals surface area contributed by atoms with Gasteiger partial charge in [-0.2, -0.15) is 0 Å². The smallest absolute Gasteiger partial charge is 0.151 e. The van der Waals surface area contributed by atoms with E-state index in [2.05, 4.69) is 27.7 Å². The fourth-order valence-corrected chi connectivity index (χ4v) is 9.89. The maximum Gasteiger partial charge on any atom is 0.151 e. The summed E-state index contributed by atoms with van der Waals surface area (Å²) in [5.74, 6) is 4.19. The summed E-state index contributed by atoms with van der Waals surface area (Å²) in [5.41, 5.74) is 1.79. The number of fused-ring (bicyclic) bond motifs is 7. The maximum absolute atomic E-state index is 13.3. The molecule has 0 aromatic rings. The molecule has 1 N–H and O–H groups in total. The third kappa shape index (κ3) is 2.79. The molecule has 0 aromatic heterocycles. The number of nitrogens with zero attached hydrogens (tertiary/aromatic N) is 1. The van der Waals surface area contributed by atoms with Crippen molar-refractivity contribution in [1.82, 2.24) is 0 Å². The molecule has 9 unspecified atom stereocenters. The molecule has 2 heterocycles. The van der Waals surface area contributed by atoms with Gasteiger partial charge >= 0.3 is 0 Å². The van der Waals surface area contributed by atoms with Crippen LogP contribution >= 0.6 is 0 Å². The molecule has 2 bridgehead atoms. The molecule has 12 atom stereocenters. The number of hydrogen-bond donors (Lipinski definition) is 1. The third-order valence-corrected chi connectivity index (χ3v) is 11.6. The number of carbonyl (C=O) groups excluding carboxylic acids is 1. The molecule has 0 radical (unpaired) electrons. The van der Waals surface area contributed by atoms with E-state index in [1.807, 2.05) is 0 Å². The first kappa shape index (κ1) is 20.8. The van der Waals surface area contributed by atoms with Crippen molar-refractivity contribution in [1.29, 1.82) is 0 Å². The lowest BCUT2D eigenvalue weighted by molar-refractivity contribution is -0.159. The van der Waals surface area contributed by atoms with E-state index < -0.39 is 0 Å². The number of ether oxygens (including phenoxy) is 1. The Morgan fingerprint density at radius 3 is 2.52 bits per heavy atom. The Morgan fingerprint density at radius 1 is 1.06 bits per heavy atom. The van der Waals surface area contributed by atoms with Gasteiger partial charge in [0.15, 0.2) is 6.23 Å². The molecule has 4 heteroatoms. The highest BCUT2D eigenvalue weighted by molar-refractivity contribution is 5.93. The Hall–Kier alpha value is -0.740. The molecule has 4 aliphatic carbocycles. The lowest BCUT2D eigenvalue weighted by Crippen LogP contribution is -2.57. The molecule has 6 rings (SSSR count). The van der Waals surface area contributed by atoms with Crippen molar-refractivity contribution < 1.29 is 14.6 Å². The molecule has 4 saturated carbocycles. The molecule has 0 amide bonds. The Bertz CT molecular complexity index is 808. The summed E-state index contributed by atoms with van der Waals surface area (Å²) in [7, 11) is 0. The molecule has 0 spiro atoms. The van der Waals surface area contributed by atoms with E-state index in [9.17, 15) is 9.90 Å². The van der Waals surface area contributed by atoms with Crippen molar-refractivity contribution in [2.45, 2.75) is 104 Å². The monoisotopic (exact) mass is 427 g/mol. The van der Waals surface area contributed by atoms with Crippen LogP contribution in [-0.2, 0) is 9.53 Å². The zero-order valence-corrected chi connectivity index (χ0v) is 19.8. The largest absolute Gasteiger partial charge is 0.393 e. The van der Waals surface area contributed by atoms with E-state index in [0.29, 0.717) is 53.1 Å². The molecule has 2 aliphatic heterocycles. The zero-order valence-electron chi connectivity index (χ0n) is 19.8. The Labute approximate surface area is 187 Å². The van der Waals surface area contributed by atoms with Crippen LogP contribution in [0.3, 0.4) is 0 Å². The minimum Gasteiger partial charge on any atom is -0.393 e. The number of aliphatic hydroxyl groups is 1. The van der Waals surface area contributed by atoms with E-state index in [1.165, 1.54) is 31.4 Å². The second-order valence-electron chi connectivity index (χ2n) is 12.8.